The minimum Gasteiger partial charge on any atom is -0.335 e. The number of carbonyl (C=O) groups excluding carboxylic acids is 1. The van der Waals surface area contributed by atoms with Crippen molar-refractivity contribution in [3.63, 3.8) is 0 Å². The smallest absolute Gasteiger partial charge is 0.254 e. The van der Waals surface area contributed by atoms with E-state index in [1.807, 2.05) is 17.9 Å². The van der Waals surface area contributed by atoms with Crippen LogP contribution in [0.3, 0.4) is 0 Å². The Hall–Kier alpha value is -1.40. The maximum absolute atomic E-state index is 13.4. The summed E-state index contributed by atoms with van der Waals surface area (Å²) in [5.41, 5.74) is 1.24. The second-order valence-electron chi connectivity index (χ2n) is 9.23. The Kier molecular flexibility index (Phi) is 6.03. The largest absolute Gasteiger partial charge is 0.335 e. The molecule has 1 aliphatic carbocycles. The van der Waals surface area contributed by atoms with Crippen molar-refractivity contribution in [2.75, 3.05) is 19.6 Å². The Morgan fingerprint density at radius 1 is 0.966 bits per heavy atom. The van der Waals surface area contributed by atoms with Gasteiger partial charge in [-0.1, -0.05) is 32.3 Å². The first-order valence-corrected chi connectivity index (χ1v) is 12.8. The van der Waals surface area contributed by atoms with Gasteiger partial charge in [-0.2, -0.15) is 4.31 Å². The van der Waals surface area contributed by atoms with E-state index in [2.05, 4.69) is 6.92 Å². The number of hydrogen-bond acceptors (Lipinski definition) is 3. The van der Waals surface area contributed by atoms with E-state index < -0.39 is 10.0 Å². The van der Waals surface area contributed by atoms with Gasteiger partial charge in [-0.05, 0) is 68.6 Å². The van der Waals surface area contributed by atoms with Crippen molar-refractivity contribution >= 4 is 15.9 Å². The summed E-state index contributed by atoms with van der Waals surface area (Å²) < 4.78 is 28.1. The molecule has 3 aliphatic rings. The van der Waals surface area contributed by atoms with Crippen molar-refractivity contribution in [3.05, 3.63) is 29.3 Å². The fourth-order valence-corrected chi connectivity index (χ4v) is 7.35. The zero-order chi connectivity index (χ0) is 20.6. The van der Waals surface area contributed by atoms with Gasteiger partial charge in [0.05, 0.1) is 4.90 Å². The quantitative estimate of drug-likeness (QED) is 0.739. The number of aryl methyl sites for hydroxylation is 1. The highest BCUT2D eigenvalue weighted by Gasteiger charge is 2.40. The molecular formula is C23H34N2O3S. The van der Waals surface area contributed by atoms with Crippen LogP contribution < -0.4 is 0 Å². The average molecular weight is 419 g/mol. The predicted molar refractivity (Wildman–Crippen MR) is 114 cm³/mol. The molecule has 3 fully saturated rings. The topological polar surface area (TPSA) is 57.7 Å². The number of hydrogen-bond donors (Lipinski definition) is 0. The molecule has 2 heterocycles. The van der Waals surface area contributed by atoms with Crippen LogP contribution in [0.15, 0.2) is 23.1 Å². The van der Waals surface area contributed by atoms with Gasteiger partial charge in [0.25, 0.3) is 5.91 Å². The third-order valence-corrected chi connectivity index (χ3v) is 9.41. The van der Waals surface area contributed by atoms with Crippen LogP contribution in [0.5, 0.6) is 0 Å². The Labute approximate surface area is 175 Å². The van der Waals surface area contributed by atoms with E-state index >= 15 is 0 Å². The molecule has 160 valence electrons. The zero-order valence-electron chi connectivity index (χ0n) is 17.8. The molecule has 0 spiro atoms. The molecule has 0 aromatic heterocycles. The summed E-state index contributed by atoms with van der Waals surface area (Å²) in [5.74, 6) is 1.25. The number of carbonyl (C=O) groups is 1. The van der Waals surface area contributed by atoms with Gasteiger partial charge in [-0.15, -0.1) is 0 Å². The molecule has 3 unspecified atom stereocenters. The van der Waals surface area contributed by atoms with Crippen molar-refractivity contribution in [2.24, 2.45) is 11.8 Å². The molecule has 1 amide bonds. The van der Waals surface area contributed by atoms with E-state index in [9.17, 15) is 13.2 Å². The molecule has 1 saturated carbocycles. The Morgan fingerprint density at radius 2 is 1.69 bits per heavy atom. The Balaban J connectivity index is 1.62. The lowest BCUT2D eigenvalue weighted by Crippen LogP contribution is -2.52. The molecule has 0 bridgehead atoms. The summed E-state index contributed by atoms with van der Waals surface area (Å²) >= 11 is 0. The highest BCUT2D eigenvalue weighted by Crippen LogP contribution is 2.39. The summed E-state index contributed by atoms with van der Waals surface area (Å²) in [4.78, 5) is 15.8. The number of piperidine rings is 2. The van der Waals surface area contributed by atoms with Crippen LogP contribution in [0.1, 0.15) is 74.2 Å². The summed E-state index contributed by atoms with van der Waals surface area (Å²) in [6, 6.07) is 5.55. The normalized spacial score (nSPS) is 28.8. The number of likely N-dealkylation sites (tertiary alicyclic amines) is 1. The number of sulfonamides is 1. The standard InChI is InChI=1S/C23H34N2O3S/c1-17-12-15-25(21-9-5-4-8-20(17)21)23(26)19-11-10-18(2)22(16-19)29(27,28)24-13-6-3-7-14-24/h10-11,16-17,20-21H,3-9,12-15H2,1-2H3. The van der Waals surface area contributed by atoms with Crippen LogP contribution in [-0.4, -0.2) is 49.2 Å². The number of rotatable bonds is 3. The van der Waals surface area contributed by atoms with Gasteiger partial charge < -0.3 is 4.90 Å². The van der Waals surface area contributed by atoms with Crippen LogP contribution in [0.4, 0.5) is 0 Å². The van der Waals surface area contributed by atoms with Gasteiger partial charge in [-0.3, -0.25) is 4.79 Å². The molecule has 3 atom stereocenters. The summed E-state index contributed by atoms with van der Waals surface area (Å²) in [7, 11) is -3.55. The SMILES string of the molecule is Cc1ccc(C(=O)N2CCC(C)C3CCCCC32)cc1S(=O)(=O)N1CCCCC1. The third-order valence-electron chi connectivity index (χ3n) is 7.37. The molecule has 29 heavy (non-hydrogen) atoms. The molecule has 5 nitrogen and oxygen atoms in total. The number of nitrogens with zero attached hydrogens (tertiary/aromatic N) is 2. The Bertz CT molecular complexity index is 861. The first kappa shape index (κ1) is 20.9. The van der Waals surface area contributed by atoms with Gasteiger partial charge in [0.2, 0.25) is 10.0 Å². The molecule has 0 N–H and O–H groups in total. The number of fused-ring (bicyclic) bond motifs is 1. The maximum atomic E-state index is 13.4. The molecule has 1 aromatic carbocycles. The van der Waals surface area contributed by atoms with E-state index in [4.69, 9.17) is 0 Å². The minimum atomic E-state index is -3.55. The second-order valence-corrected chi connectivity index (χ2v) is 11.1. The lowest BCUT2D eigenvalue weighted by atomic mass is 9.72. The number of benzene rings is 1. The minimum absolute atomic E-state index is 0.00361. The van der Waals surface area contributed by atoms with Crippen LogP contribution in [0.2, 0.25) is 0 Å². The molecule has 2 saturated heterocycles. The molecule has 2 aliphatic heterocycles. The fraction of sp³-hybridized carbons (Fsp3) is 0.696. The van der Waals surface area contributed by atoms with Gasteiger partial charge in [-0.25, -0.2) is 8.42 Å². The van der Waals surface area contributed by atoms with Gasteiger partial charge >= 0.3 is 0 Å². The van der Waals surface area contributed by atoms with Gasteiger partial charge in [0.15, 0.2) is 0 Å². The third kappa shape index (κ3) is 3.98. The maximum Gasteiger partial charge on any atom is 0.254 e. The fourth-order valence-electron chi connectivity index (χ4n) is 5.59. The van der Waals surface area contributed by atoms with Crippen molar-refractivity contribution < 1.29 is 13.2 Å². The van der Waals surface area contributed by atoms with Crippen molar-refractivity contribution in [1.29, 1.82) is 0 Å². The first-order chi connectivity index (χ1) is 13.9. The van der Waals surface area contributed by atoms with Gasteiger partial charge in [0.1, 0.15) is 0 Å². The molecule has 4 rings (SSSR count). The highest BCUT2D eigenvalue weighted by atomic mass is 32.2. The monoisotopic (exact) mass is 418 g/mol. The van der Waals surface area contributed by atoms with E-state index in [-0.39, 0.29) is 5.91 Å². The summed E-state index contributed by atoms with van der Waals surface area (Å²) in [5, 5.41) is 0. The highest BCUT2D eigenvalue weighted by molar-refractivity contribution is 7.89. The van der Waals surface area contributed by atoms with E-state index in [1.165, 1.54) is 19.3 Å². The molecule has 0 radical (unpaired) electrons. The van der Waals surface area contributed by atoms with Crippen molar-refractivity contribution in [3.8, 4) is 0 Å². The Morgan fingerprint density at radius 3 is 2.45 bits per heavy atom. The summed E-state index contributed by atoms with van der Waals surface area (Å²) in [6.07, 6.45) is 8.66. The molecule has 6 heteroatoms. The zero-order valence-corrected chi connectivity index (χ0v) is 18.6. The second kappa shape index (κ2) is 8.38. The van der Waals surface area contributed by atoms with Crippen LogP contribution in [0.25, 0.3) is 0 Å². The van der Waals surface area contributed by atoms with Crippen LogP contribution >= 0.6 is 0 Å². The molecular weight excluding hydrogens is 384 g/mol. The average Bonchev–Trinajstić information content (AvgIpc) is 2.74. The van der Waals surface area contributed by atoms with E-state index in [0.717, 1.165) is 44.2 Å². The van der Waals surface area contributed by atoms with Crippen LogP contribution in [-0.2, 0) is 10.0 Å². The van der Waals surface area contributed by atoms with Crippen molar-refractivity contribution in [2.45, 2.75) is 76.2 Å². The lowest BCUT2D eigenvalue weighted by molar-refractivity contribution is 0.0217. The van der Waals surface area contributed by atoms with E-state index in [1.54, 1.807) is 16.4 Å². The summed E-state index contributed by atoms with van der Waals surface area (Å²) in [6.45, 7) is 6.08. The first-order valence-electron chi connectivity index (χ1n) is 11.3. The van der Waals surface area contributed by atoms with E-state index in [0.29, 0.717) is 41.4 Å². The van der Waals surface area contributed by atoms with Crippen molar-refractivity contribution in [1.82, 2.24) is 9.21 Å². The lowest BCUT2D eigenvalue weighted by Gasteiger charge is -2.47. The molecule has 1 aromatic rings. The van der Waals surface area contributed by atoms with Crippen LogP contribution in [0, 0.1) is 18.8 Å². The predicted octanol–water partition coefficient (Wildman–Crippen LogP) is 4.21. The van der Waals surface area contributed by atoms with Gasteiger partial charge in [0, 0.05) is 31.2 Å². The number of amides is 1.